The van der Waals surface area contributed by atoms with Gasteiger partial charge >= 0.3 is 0 Å². The molecule has 0 aliphatic rings. The number of aromatic nitrogens is 3. The highest BCUT2D eigenvalue weighted by Gasteiger charge is 2.03. The van der Waals surface area contributed by atoms with Crippen molar-refractivity contribution in [3.63, 3.8) is 0 Å². The van der Waals surface area contributed by atoms with E-state index in [1.54, 1.807) is 18.5 Å². The lowest BCUT2D eigenvalue weighted by molar-refractivity contribution is 0.682. The van der Waals surface area contributed by atoms with Gasteiger partial charge in [-0.2, -0.15) is 10.4 Å². The van der Waals surface area contributed by atoms with Crippen LogP contribution in [0.4, 0.5) is 5.69 Å². The normalized spacial score (nSPS) is 10.1. The van der Waals surface area contributed by atoms with Gasteiger partial charge < -0.3 is 5.32 Å². The first kappa shape index (κ1) is 13.8. The molecule has 2 heterocycles. The first-order valence-corrected chi connectivity index (χ1v) is 6.99. The van der Waals surface area contributed by atoms with E-state index in [2.05, 4.69) is 27.5 Å². The molecule has 0 bridgehead atoms. The molecule has 0 atom stereocenters. The highest BCUT2D eigenvalue weighted by molar-refractivity contribution is 5.44. The van der Waals surface area contributed by atoms with Crippen LogP contribution < -0.4 is 5.32 Å². The molecule has 0 fully saturated rings. The summed E-state index contributed by atoms with van der Waals surface area (Å²) in [5.41, 5.74) is 3.75. The van der Waals surface area contributed by atoms with Crippen molar-refractivity contribution < 1.29 is 0 Å². The van der Waals surface area contributed by atoms with Crippen LogP contribution in [-0.4, -0.2) is 14.8 Å². The van der Waals surface area contributed by atoms with E-state index in [4.69, 9.17) is 5.26 Å². The Hall–Kier alpha value is -3.13. The van der Waals surface area contributed by atoms with Gasteiger partial charge in [-0.3, -0.25) is 4.68 Å². The van der Waals surface area contributed by atoms with E-state index in [0.29, 0.717) is 12.2 Å². The maximum Gasteiger partial charge on any atom is 0.140 e. The molecule has 2 aromatic heterocycles. The monoisotopic (exact) mass is 289 g/mol. The standard InChI is InChI=1S/C17H15N5/c18-10-16-6-7-17(12-20-16)19-11-14-4-1-2-5-15(14)13-22-9-3-8-21-22/h1-9,12,19H,11,13H2. The van der Waals surface area contributed by atoms with Crippen molar-refractivity contribution in [3.05, 3.63) is 77.9 Å². The lowest BCUT2D eigenvalue weighted by Crippen LogP contribution is -2.07. The van der Waals surface area contributed by atoms with Crippen molar-refractivity contribution >= 4 is 5.69 Å². The van der Waals surface area contributed by atoms with Crippen molar-refractivity contribution in [2.45, 2.75) is 13.1 Å². The third kappa shape index (κ3) is 3.30. The van der Waals surface area contributed by atoms with Gasteiger partial charge in [0.25, 0.3) is 0 Å². The van der Waals surface area contributed by atoms with Gasteiger partial charge in [-0.15, -0.1) is 0 Å². The van der Waals surface area contributed by atoms with Crippen LogP contribution in [0.5, 0.6) is 0 Å². The number of hydrogen-bond acceptors (Lipinski definition) is 4. The number of anilines is 1. The molecule has 0 aliphatic heterocycles. The third-order valence-electron chi connectivity index (χ3n) is 3.37. The summed E-state index contributed by atoms with van der Waals surface area (Å²) in [5, 5.41) is 16.3. The summed E-state index contributed by atoms with van der Waals surface area (Å²) >= 11 is 0. The first-order chi connectivity index (χ1) is 10.8. The first-order valence-electron chi connectivity index (χ1n) is 6.99. The molecular formula is C17H15N5. The lowest BCUT2D eigenvalue weighted by atomic mass is 10.1. The smallest absolute Gasteiger partial charge is 0.140 e. The molecule has 1 aromatic carbocycles. The van der Waals surface area contributed by atoms with Crippen LogP contribution in [0.15, 0.2) is 61.1 Å². The number of nitrogens with zero attached hydrogens (tertiary/aromatic N) is 4. The molecule has 0 unspecified atom stereocenters. The number of nitrogens with one attached hydrogen (secondary N) is 1. The highest BCUT2D eigenvalue weighted by Crippen LogP contribution is 2.13. The predicted octanol–water partition coefficient (Wildman–Crippen LogP) is 2.81. The Morgan fingerprint density at radius 2 is 1.95 bits per heavy atom. The summed E-state index contributed by atoms with van der Waals surface area (Å²) in [7, 11) is 0. The van der Waals surface area contributed by atoms with Crippen molar-refractivity contribution in [2.24, 2.45) is 0 Å². The number of pyridine rings is 1. The lowest BCUT2D eigenvalue weighted by Gasteiger charge is -2.11. The average Bonchev–Trinajstić information content (AvgIpc) is 3.07. The predicted molar refractivity (Wildman–Crippen MR) is 84.0 cm³/mol. The molecule has 0 saturated carbocycles. The zero-order valence-electron chi connectivity index (χ0n) is 12.0. The zero-order valence-corrected chi connectivity index (χ0v) is 12.0. The molecular weight excluding hydrogens is 274 g/mol. The fourth-order valence-corrected chi connectivity index (χ4v) is 2.21. The van der Waals surface area contributed by atoms with Crippen molar-refractivity contribution in [1.82, 2.24) is 14.8 Å². The van der Waals surface area contributed by atoms with Crippen LogP contribution in [0.2, 0.25) is 0 Å². The second-order valence-corrected chi connectivity index (χ2v) is 4.87. The van der Waals surface area contributed by atoms with E-state index >= 15 is 0 Å². The Kier molecular flexibility index (Phi) is 4.12. The Bertz CT molecular complexity index is 770. The minimum atomic E-state index is 0.421. The van der Waals surface area contributed by atoms with Gasteiger partial charge in [-0.1, -0.05) is 24.3 Å². The van der Waals surface area contributed by atoms with Crippen LogP contribution in [0.3, 0.4) is 0 Å². The minimum absolute atomic E-state index is 0.421. The largest absolute Gasteiger partial charge is 0.380 e. The second kappa shape index (κ2) is 6.55. The molecule has 5 heteroatoms. The number of rotatable bonds is 5. The molecule has 0 aliphatic carbocycles. The summed E-state index contributed by atoms with van der Waals surface area (Å²) in [5.74, 6) is 0. The number of hydrogen-bond donors (Lipinski definition) is 1. The fraction of sp³-hybridized carbons (Fsp3) is 0.118. The van der Waals surface area contributed by atoms with Gasteiger partial charge in [0.1, 0.15) is 11.8 Å². The molecule has 3 aromatic rings. The van der Waals surface area contributed by atoms with E-state index < -0.39 is 0 Å². The molecule has 0 saturated heterocycles. The molecule has 22 heavy (non-hydrogen) atoms. The van der Waals surface area contributed by atoms with Crippen LogP contribution in [0.1, 0.15) is 16.8 Å². The maximum atomic E-state index is 8.75. The number of nitriles is 1. The van der Waals surface area contributed by atoms with Gasteiger partial charge in [0.15, 0.2) is 0 Å². The van der Waals surface area contributed by atoms with Crippen LogP contribution in [0.25, 0.3) is 0 Å². The molecule has 1 N–H and O–H groups in total. The van der Waals surface area contributed by atoms with E-state index in [9.17, 15) is 0 Å². The Labute approximate surface area is 128 Å². The second-order valence-electron chi connectivity index (χ2n) is 4.87. The Morgan fingerprint density at radius 1 is 1.09 bits per heavy atom. The summed E-state index contributed by atoms with van der Waals surface area (Å²) in [4.78, 5) is 4.05. The van der Waals surface area contributed by atoms with Gasteiger partial charge in [-0.25, -0.2) is 4.98 Å². The van der Waals surface area contributed by atoms with E-state index in [0.717, 1.165) is 12.2 Å². The van der Waals surface area contributed by atoms with Crippen molar-refractivity contribution in [1.29, 1.82) is 5.26 Å². The average molecular weight is 289 g/mol. The van der Waals surface area contributed by atoms with E-state index in [-0.39, 0.29) is 0 Å². The maximum absolute atomic E-state index is 8.75. The van der Waals surface area contributed by atoms with Gasteiger partial charge in [0.2, 0.25) is 0 Å². The summed E-state index contributed by atoms with van der Waals surface area (Å²) < 4.78 is 1.90. The summed E-state index contributed by atoms with van der Waals surface area (Å²) in [6.45, 7) is 1.45. The quantitative estimate of drug-likeness (QED) is 0.784. The minimum Gasteiger partial charge on any atom is -0.380 e. The van der Waals surface area contributed by atoms with E-state index in [1.807, 2.05) is 41.2 Å². The fourth-order valence-electron chi connectivity index (χ4n) is 2.21. The van der Waals surface area contributed by atoms with Crippen LogP contribution >= 0.6 is 0 Å². The van der Waals surface area contributed by atoms with Crippen molar-refractivity contribution in [2.75, 3.05) is 5.32 Å². The van der Waals surface area contributed by atoms with Gasteiger partial charge in [-0.05, 0) is 29.3 Å². The molecule has 108 valence electrons. The Morgan fingerprint density at radius 3 is 2.64 bits per heavy atom. The Balaban J connectivity index is 1.70. The third-order valence-corrected chi connectivity index (χ3v) is 3.37. The molecule has 0 radical (unpaired) electrons. The SMILES string of the molecule is N#Cc1ccc(NCc2ccccc2Cn2cccn2)cn1. The van der Waals surface area contributed by atoms with Gasteiger partial charge in [0.05, 0.1) is 18.4 Å². The van der Waals surface area contributed by atoms with Crippen LogP contribution in [0, 0.1) is 11.3 Å². The summed E-state index contributed by atoms with van der Waals surface area (Å²) in [6.07, 6.45) is 5.41. The molecule has 5 nitrogen and oxygen atoms in total. The zero-order chi connectivity index (χ0) is 15.2. The van der Waals surface area contributed by atoms with Crippen LogP contribution in [-0.2, 0) is 13.1 Å². The van der Waals surface area contributed by atoms with E-state index in [1.165, 1.54) is 11.1 Å². The van der Waals surface area contributed by atoms with Crippen molar-refractivity contribution in [3.8, 4) is 6.07 Å². The summed E-state index contributed by atoms with van der Waals surface area (Å²) in [6, 6.07) is 15.8. The highest BCUT2D eigenvalue weighted by atomic mass is 15.3. The van der Waals surface area contributed by atoms with Gasteiger partial charge in [0, 0.05) is 18.9 Å². The molecule has 0 spiro atoms. The topological polar surface area (TPSA) is 66.5 Å². The molecule has 0 amide bonds. The molecule has 3 rings (SSSR count). The number of benzene rings is 1.